The van der Waals surface area contributed by atoms with Gasteiger partial charge in [0.2, 0.25) is 5.95 Å². The largest absolute Gasteiger partial charge is 0.462 e. The number of likely N-dealkylation sites (tertiary alicyclic amines) is 1. The SMILES string of the molecule is CCOC(=O)c1cccc(NC(=O)N2CCC(Nc3nc(NC4CCC(N)CC4)nc4c3ncn4C3CCCC3)CC2)c1.Cl.Cl. The number of fused-ring (bicyclic) bond motifs is 1. The van der Waals surface area contributed by atoms with E-state index in [-0.39, 0.29) is 42.9 Å². The first-order chi connectivity index (χ1) is 21.0. The summed E-state index contributed by atoms with van der Waals surface area (Å²) in [7, 11) is 0. The zero-order chi connectivity index (χ0) is 29.8. The van der Waals surface area contributed by atoms with Crippen molar-refractivity contribution >= 4 is 65.4 Å². The molecule has 1 saturated heterocycles. The van der Waals surface area contributed by atoms with Crippen molar-refractivity contribution in [2.75, 3.05) is 35.6 Å². The highest BCUT2D eigenvalue weighted by Gasteiger charge is 2.27. The Labute approximate surface area is 276 Å². The smallest absolute Gasteiger partial charge is 0.338 e. The highest BCUT2D eigenvalue weighted by molar-refractivity contribution is 5.94. The minimum absolute atomic E-state index is 0. The number of piperidine rings is 1. The Balaban J connectivity index is 0.00000230. The standard InChI is InChI=1S/C31H43N9O3.2ClH/c1-2-43-29(41)20-6-5-7-24(18-20)36-31(42)39-16-14-23(15-17-39)34-27-26-28(40(19-33-26)25-8-3-4-9-25)38-30(37-27)35-22-12-10-21(32)11-13-22;;/h5-7,18-19,21-23,25H,2-4,8-17,32H2,1H3,(H,36,42)(H2,34,35,37,38);2*1H. The number of urea groups is 1. The van der Waals surface area contributed by atoms with E-state index in [0.29, 0.717) is 49.0 Å². The zero-order valence-corrected chi connectivity index (χ0v) is 27.4. The van der Waals surface area contributed by atoms with Gasteiger partial charge in [0.15, 0.2) is 17.0 Å². The normalized spacial score (nSPS) is 20.6. The molecule has 0 unspecified atom stereocenters. The van der Waals surface area contributed by atoms with Crippen LogP contribution < -0.4 is 21.7 Å². The second kappa shape index (κ2) is 15.8. The molecular weight excluding hydrogens is 617 g/mol. The number of benzene rings is 1. The van der Waals surface area contributed by atoms with Crippen LogP contribution in [0.5, 0.6) is 0 Å². The van der Waals surface area contributed by atoms with E-state index in [1.165, 1.54) is 12.8 Å². The van der Waals surface area contributed by atoms with Gasteiger partial charge in [-0.05, 0) is 76.5 Å². The highest BCUT2D eigenvalue weighted by Crippen LogP contribution is 2.34. The average molecular weight is 663 g/mol. The van der Waals surface area contributed by atoms with Gasteiger partial charge in [0, 0.05) is 42.9 Å². The van der Waals surface area contributed by atoms with Gasteiger partial charge >= 0.3 is 12.0 Å². The lowest BCUT2D eigenvalue weighted by atomic mass is 9.92. The molecule has 3 heterocycles. The number of amides is 2. The van der Waals surface area contributed by atoms with E-state index in [9.17, 15) is 9.59 Å². The van der Waals surface area contributed by atoms with Crippen LogP contribution in [0.15, 0.2) is 30.6 Å². The maximum absolute atomic E-state index is 13.0. The quantitative estimate of drug-likeness (QED) is 0.221. The fourth-order valence-electron chi connectivity index (χ4n) is 6.54. The van der Waals surface area contributed by atoms with Gasteiger partial charge in [-0.2, -0.15) is 9.97 Å². The minimum Gasteiger partial charge on any atom is -0.462 e. The molecule has 3 aromatic rings. The molecule has 2 saturated carbocycles. The van der Waals surface area contributed by atoms with E-state index < -0.39 is 5.97 Å². The number of nitrogens with zero attached hydrogens (tertiary/aromatic N) is 5. The fourth-order valence-corrected chi connectivity index (χ4v) is 6.54. The third kappa shape index (κ3) is 8.28. The van der Waals surface area contributed by atoms with Crippen LogP contribution >= 0.6 is 24.8 Å². The molecule has 3 aliphatic rings. The predicted molar refractivity (Wildman–Crippen MR) is 181 cm³/mol. The molecule has 5 N–H and O–H groups in total. The van der Waals surface area contributed by atoms with Crippen molar-refractivity contribution in [2.45, 2.75) is 95.3 Å². The predicted octanol–water partition coefficient (Wildman–Crippen LogP) is 5.75. The first-order valence-corrected chi connectivity index (χ1v) is 15.8. The van der Waals surface area contributed by atoms with E-state index in [0.717, 1.165) is 68.3 Å². The third-order valence-electron chi connectivity index (χ3n) is 8.99. The average Bonchev–Trinajstić information content (AvgIpc) is 3.69. The lowest BCUT2D eigenvalue weighted by Crippen LogP contribution is -2.44. The Kier molecular flexibility index (Phi) is 12.1. The van der Waals surface area contributed by atoms with Crippen LogP contribution in [0.1, 0.15) is 87.5 Å². The van der Waals surface area contributed by atoms with Gasteiger partial charge < -0.3 is 35.9 Å². The van der Waals surface area contributed by atoms with E-state index in [4.69, 9.17) is 25.4 Å². The lowest BCUT2D eigenvalue weighted by molar-refractivity contribution is 0.0526. The van der Waals surface area contributed by atoms with Crippen LogP contribution in [0.25, 0.3) is 11.2 Å². The zero-order valence-electron chi connectivity index (χ0n) is 25.7. The van der Waals surface area contributed by atoms with Crippen molar-refractivity contribution < 1.29 is 14.3 Å². The summed E-state index contributed by atoms with van der Waals surface area (Å²) in [6.45, 7) is 3.26. The summed E-state index contributed by atoms with van der Waals surface area (Å²) in [5.41, 5.74) is 8.79. The number of nitrogens with one attached hydrogen (secondary N) is 3. The van der Waals surface area contributed by atoms with Gasteiger partial charge in [-0.15, -0.1) is 24.8 Å². The Morgan fingerprint density at radius 3 is 2.38 bits per heavy atom. The Morgan fingerprint density at radius 1 is 0.956 bits per heavy atom. The van der Waals surface area contributed by atoms with E-state index in [2.05, 4.69) is 20.5 Å². The lowest BCUT2D eigenvalue weighted by Gasteiger charge is -2.32. The molecule has 0 atom stereocenters. The summed E-state index contributed by atoms with van der Waals surface area (Å²) in [4.78, 5) is 41.6. The van der Waals surface area contributed by atoms with Crippen molar-refractivity contribution in [3.63, 3.8) is 0 Å². The number of hydrogen-bond acceptors (Lipinski definition) is 9. The molecule has 0 spiro atoms. The Morgan fingerprint density at radius 2 is 1.67 bits per heavy atom. The number of esters is 1. The number of ether oxygens (including phenoxy) is 1. The Bertz CT molecular complexity index is 1430. The van der Waals surface area contributed by atoms with Crippen LogP contribution in [-0.4, -0.2) is 74.2 Å². The third-order valence-corrected chi connectivity index (χ3v) is 8.99. The van der Waals surface area contributed by atoms with Crippen LogP contribution in [0.2, 0.25) is 0 Å². The molecule has 45 heavy (non-hydrogen) atoms. The topological polar surface area (TPSA) is 152 Å². The minimum atomic E-state index is -0.404. The number of nitrogens with two attached hydrogens (primary N) is 1. The molecular formula is C31H45Cl2N9O3. The molecule has 6 rings (SSSR count). The van der Waals surface area contributed by atoms with Crippen molar-refractivity contribution in [3.05, 3.63) is 36.2 Å². The molecule has 2 amide bonds. The van der Waals surface area contributed by atoms with Crippen LogP contribution in [0, 0.1) is 0 Å². The van der Waals surface area contributed by atoms with Crippen molar-refractivity contribution in [1.29, 1.82) is 0 Å². The van der Waals surface area contributed by atoms with E-state index in [1.54, 1.807) is 36.1 Å². The van der Waals surface area contributed by atoms with Gasteiger partial charge in [0.25, 0.3) is 0 Å². The second-order valence-electron chi connectivity index (χ2n) is 12.1. The first-order valence-electron chi connectivity index (χ1n) is 15.8. The number of hydrogen-bond donors (Lipinski definition) is 4. The summed E-state index contributed by atoms with van der Waals surface area (Å²) in [6, 6.07) is 7.81. The summed E-state index contributed by atoms with van der Waals surface area (Å²) in [5.74, 6) is 0.978. The molecule has 14 heteroatoms. The summed E-state index contributed by atoms with van der Waals surface area (Å²) >= 11 is 0. The van der Waals surface area contributed by atoms with Gasteiger partial charge in [0.1, 0.15) is 0 Å². The fraction of sp³-hybridized carbons (Fsp3) is 0.581. The van der Waals surface area contributed by atoms with Crippen molar-refractivity contribution in [2.24, 2.45) is 5.73 Å². The van der Waals surface area contributed by atoms with Gasteiger partial charge in [-0.25, -0.2) is 14.6 Å². The Hall–Kier alpha value is -3.35. The first kappa shape index (κ1) is 34.5. The number of imidazole rings is 1. The number of carbonyl (C=O) groups is 2. The number of carbonyl (C=O) groups excluding carboxylic acids is 2. The molecule has 1 aliphatic heterocycles. The molecule has 12 nitrogen and oxygen atoms in total. The summed E-state index contributed by atoms with van der Waals surface area (Å²) < 4.78 is 7.31. The number of aromatic nitrogens is 4. The summed E-state index contributed by atoms with van der Waals surface area (Å²) in [6.07, 6.45) is 12.3. The summed E-state index contributed by atoms with van der Waals surface area (Å²) in [5, 5.41) is 10.2. The van der Waals surface area contributed by atoms with Crippen LogP contribution in [0.4, 0.5) is 22.2 Å². The van der Waals surface area contributed by atoms with E-state index in [1.807, 2.05) is 6.33 Å². The molecule has 3 fully saturated rings. The van der Waals surface area contributed by atoms with Crippen LogP contribution in [0.3, 0.4) is 0 Å². The van der Waals surface area contributed by atoms with Gasteiger partial charge in [-0.1, -0.05) is 18.9 Å². The van der Waals surface area contributed by atoms with Crippen LogP contribution in [-0.2, 0) is 4.74 Å². The molecule has 1 aromatic carbocycles. The van der Waals surface area contributed by atoms with Gasteiger partial charge in [0.05, 0.1) is 18.5 Å². The van der Waals surface area contributed by atoms with E-state index >= 15 is 0 Å². The van der Waals surface area contributed by atoms with Crippen molar-refractivity contribution in [1.82, 2.24) is 24.4 Å². The van der Waals surface area contributed by atoms with Gasteiger partial charge in [-0.3, -0.25) is 0 Å². The maximum Gasteiger partial charge on any atom is 0.338 e. The molecule has 0 bridgehead atoms. The maximum atomic E-state index is 13.0. The molecule has 2 aliphatic carbocycles. The molecule has 2 aromatic heterocycles. The molecule has 0 radical (unpaired) electrons. The number of rotatable bonds is 8. The molecule has 246 valence electrons. The number of halogens is 2. The number of anilines is 3. The monoisotopic (exact) mass is 661 g/mol. The van der Waals surface area contributed by atoms with Crippen molar-refractivity contribution in [3.8, 4) is 0 Å². The highest BCUT2D eigenvalue weighted by atomic mass is 35.5. The second-order valence-corrected chi connectivity index (χ2v) is 12.1.